The van der Waals surface area contributed by atoms with Gasteiger partial charge in [0, 0.05) is 13.0 Å². The average Bonchev–Trinajstić information content (AvgIpc) is 2.94. The van der Waals surface area contributed by atoms with Crippen molar-refractivity contribution < 1.29 is 24.6 Å². The van der Waals surface area contributed by atoms with Crippen molar-refractivity contribution in [2.75, 3.05) is 0 Å². The molecule has 1 aliphatic carbocycles. The average molecular weight is 602 g/mol. The maximum Gasteiger partial charge on any atom is 0.243 e. The number of carbonyl (C=O) groups excluding carboxylic acids is 3. The molecular formula is C35H59N3O5. The van der Waals surface area contributed by atoms with Gasteiger partial charge in [-0.2, -0.15) is 0 Å². The Kier molecular flexibility index (Phi) is 14.2. The second kappa shape index (κ2) is 16.6. The van der Waals surface area contributed by atoms with E-state index in [9.17, 15) is 24.6 Å². The molecule has 0 aromatic heterocycles. The number of aliphatic hydroxyl groups is 2. The van der Waals surface area contributed by atoms with Crippen LogP contribution in [-0.4, -0.2) is 69.2 Å². The number of hydrogen-bond donors (Lipinski definition) is 4. The molecular weight excluding hydrogens is 542 g/mol. The van der Waals surface area contributed by atoms with Crippen LogP contribution in [0.3, 0.4) is 0 Å². The number of benzene rings is 1. The first-order valence-electron chi connectivity index (χ1n) is 16.4. The molecule has 3 amide bonds. The van der Waals surface area contributed by atoms with Crippen molar-refractivity contribution in [1.82, 2.24) is 15.5 Å². The Bertz CT molecular complexity index is 1030. The zero-order valence-electron chi connectivity index (χ0n) is 28.2. The first kappa shape index (κ1) is 36.7. The van der Waals surface area contributed by atoms with E-state index >= 15 is 0 Å². The molecule has 43 heavy (non-hydrogen) atoms. The SMILES string of the molecule is CC[C@H](C)[C@H](NC(=O)[C@H](C)N(C(C)=O)C1CCCCC1)C(=O)N[C@@H](Cc1ccc(C(C)(C)C)cc1)[C@@H](O)[C@@H](O)CC(C)C. The Balaban J connectivity index is 2.29. The Labute approximate surface area is 260 Å². The third-order valence-corrected chi connectivity index (χ3v) is 9.04. The van der Waals surface area contributed by atoms with Gasteiger partial charge in [-0.1, -0.05) is 98.4 Å². The fourth-order valence-electron chi connectivity index (χ4n) is 6.12. The molecule has 4 N–H and O–H groups in total. The molecule has 244 valence electrons. The van der Waals surface area contributed by atoms with Gasteiger partial charge in [-0.05, 0) is 61.0 Å². The normalized spacial score (nSPS) is 18.7. The standard InChI is InChI=1S/C35H59N3O5/c1-10-23(4)31(37-33(42)24(5)38(25(6)39)28-14-12-11-13-15-28)34(43)36-29(32(41)30(40)20-22(2)3)21-26-16-18-27(19-17-26)35(7,8)9/h16-19,22-24,28-32,40-41H,10-15,20-21H2,1-9H3,(H,36,43)(H,37,42)/t23-,24-,29-,30-,31-,32+/m0/s1. The lowest BCUT2D eigenvalue weighted by Crippen LogP contribution is -2.60. The van der Waals surface area contributed by atoms with Gasteiger partial charge in [-0.3, -0.25) is 14.4 Å². The van der Waals surface area contributed by atoms with Crippen LogP contribution in [0, 0.1) is 11.8 Å². The third kappa shape index (κ3) is 10.9. The topological polar surface area (TPSA) is 119 Å². The van der Waals surface area contributed by atoms with Gasteiger partial charge in [0.1, 0.15) is 18.2 Å². The molecule has 1 fully saturated rings. The number of nitrogens with zero attached hydrogens (tertiary/aromatic N) is 1. The maximum absolute atomic E-state index is 13.8. The lowest BCUT2D eigenvalue weighted by atomic mass is 9.86. The van der Waals surface area contributed by atoms with Crippen LogP contribution >= 0.6 is 0 Å². The van der Waals surface area contributed by atoms with Gasteiger partial charge in [0.2, 0.25) is 17.7 Å². The molecule has 0 bridgehead atoms. The summed E-state index contributed by atoms with van der Waals surface area (Å²) < 4.78 is 0. The molecule has 1 aliphatic rings. The fraction of sp³-hybridized carbons (Fsp3) is 0.743. The molecule has 0 spiro atoms. The fourth-order valence-corrected chi connectivity index (χ4v) is 6.12. The Morgan fingerprint density at radius 3 is 2.00 bits per heavy atom. The van der Waals surface area contributed by atoms with Crippen LogP contribution in [-0.2, 0) is 26.2 Å². The molecule has 2 rings (SSSR count). The predicted octanol–water partition coefficient (Wildman–Crippen LogP) is 4.88. The zero-order chi connectivity index (χ0) is 32.5. The number of amides is 3. The van der Waals surface area contributed by atoms with Gasteiger partial charge >= 0.3 is 0 Å². The Hall–Kier alpha value is -2.45. The number of rotatable bonds is 14. The molecule has 8 nitrogen and oxygen atoms in total. The Morgan fingerprint density at radius 1 is 0.930 bits per heavy atom. The van der Waals surface area contributed by atoms with E-state index in [-0.39, 0.29) is 35.1 Å². The number of carbonyl (C=O) groups is 3. The molecule has 0 unspecified atom stereocenters. The van der Waals surface area contributed by atoms with Crippen LogP contribution in [0.5, 0.6) is 0 Å². The highest BCUT2D eigenvalue weighted by atomic mass is 16.3. The number of aliphatic hydroxyl groups excluding tert-OH is 2. The highest BCUT2D eigenvalue weighted by molar-refractivity contribution is 5.92. The first-order valence-corrected chi connectivity index (χ1v) is 16.4. The molecule has 1 saturated carbocycles. The van der Waals surface area contributed by atoms with Crippen molar-refractivity contribution in [3.05, 3.63) is 35.4 Å². The van der Waals surface area contributed by atoms with Crippen molar-refractivity contribution in [1.29, 1.82) is 0 Å². The minimum absolute atomic E-state index is 0.00701. The molecule has 6 atom stereocenters. The van der Waals surface area contributed by atoms with Crippen LogP contribution in [0.2, 0.25) is 0 Å². The summed E-state index contributed by atoms with van der Waals surface area (Å²) >= 11 is 0. The molecule has 0 saturated heterocycles. The van der Waals surface area contributed by atoms with Crippen molar-refractivity contribution in [2.24, 2.45) is 11.8 Å². The monoisotopic (exact) mass is 601 g/mol. The quantitative estimate of drug-likeness (QED) is 0.242. The first-order chi connectivity index (χ1) is 20.1. The molecule has 8 heteroatoms. The van der Waals surface area contributed by atoms with E-state index in [0.29, 0.717) is 19.3 Å². The van der Waals surface area contributed by atoms with Crippen molar-refractivity contribution in [3.63, 3.8) is 0 Å². The molecule has 0 radical (unpaired) electrons. The van der Waals surface area contributed by atoms with Crippen molar-refractivity contribution in [3.8, 4) is 0 Å². The summed E-state index contributed by atoms with van der Waals surface area (Å²) in [5.74, 6) is -0.945. The van der Waals surface area contributed by atoms with Gasteiger partial charge in [0.25, 0.3) is 0 Å². The van der Waals surface area contributed by atoms with E-state index in [1.165, 1.54) is 12.5 Å². The summed E-state index contributed by atoms with van der Waals surface area (Å²) in [7, 11) is 0. The lowest BCUT2D eigenvalue weighted by Gasteiger charge is -2.38. The molecule has 1 aromatic carbocycles. The van der Waals surface area contributed by atoms with Gasteiger partial charge in [-0.25, -0.2) is 0 Å². The van der Waals surface area contributed by atoms with Crippen LogP contribution in [0.4, 0.5) is 0 Å². The van der Waals surface area contributed by atoms with Crippen LogP contribution in [0.1, 0.15) is 118 Å². The van der Waals surface area contributed by atoms with E-state index in [1.807, 2.05) is 39.8 Å². The minimum Gasteiger partial charge on any atom is -0.390 e. The summed E-state index contributed by atoms with van der Waals surface area (Å²) in [6.45, 7) is 17.5. The Morgan fingerprint density at radius 2 is 1.51 bits per heavy atom. The highest BCUT2D eigenvalue weighted by Crippen LogP contribution is 2.25. The minimum atomic E-state index is -1.19. The molecule has 0 heterocycles. The van der Waals surface area contributed by atoms with E-state index < -0.39 is 36.2 Å². The lowest BCUT2D eigenvalue weighted by molar-refractivity contribution is -0.143. The smallest absolute Gasteiger partial charge is 0.243 e. The van der Waals surface area contributed by atoms with E-state index in [4.69, 9.17) is 0 Å². The second-order valence-electron chi connectivity index (χ2n) is 14.2. The van der Waals surface area contributed by atoms with Crippen LogP contribution in [0.15, 0.2) is 24.3 Å². The van der Waals surface area contributed by atoms with E-state index in [0.717, 1.165) is 37.7 Å². The van der Waals surface area contributed by atoms with Crippen LogP contribution < -0.4 is 10.6 Å². The van der Waals surface area contributed by atoms with Crippen LogP contribution in [0.25, 0.3) is 0 Å². The maximum atomic E-state index is 13.8. The van der Waals surface area contributed by atoms with Gasteiger partial charge < -0.3 is 25.7 Å². The van der Waals surface area contributed by atoms with E-state index in [2.05, 4.69) is 43.5 Å². The van der Waals surface area contributed by atoms with Crippen molar-refractivity contribution in [2.45, 2.75) is 155 Å². The largest absolute Gasteiger partial charge is 0.390 e. The second-order valence-corrected chi connectivity index (χ2v) is 14.2. The zero-order valence-corrected chi connectivity index (χ0v) is 28.2. The van der Waals surface area contributed by atoms with Gasteiger partial charge in [-0.15, -0.1) is 0 Å². The summed E-state index contributed by atoms with van der Waals surface area (Å²) in [5.41, 5.74) is 2.10. The summed E-state index contributed by atoms with van der Waals surface area (Å²) in [6.07, 6.45) is 4.10. The number of hydrogen-bond acceptors (Lipinski definition) is 5. The number of nitrogens with one attached hydrogen (secondary N) is 2. The summed E-state index contributed by atoms with van der Waals surface area (Å²) in [6, 6.07) is 5.80. The highest BCUT2D eigenvalue weighted by Gasteiger charge is 2.36. The van der Waals surface area contributed by atoms with Gasteiger partial charge in [0.15, 0.2) is 0 Å². The van der Waals surface area contributed by atoms with Crippen molar-refractivity contribution >= 4 is 17.7 Å². The summed E-state index contributed by atoms with van der Waals surface area (Å²) in [5, 5.41) is 28.0. The predicted molar refractivity (Wildman–Crippen MR) is 172 cm³/mol. The van der Waals surface area contributed by atoms with E-state index in [1.54, 1.807) is 11.8 Å². The molecule has 0 aliphatic heterocycles. The summed E-state index contributed by atoms with van der Waals surface area (Å²) in [4.78, 5) is 41.7. The molecule has 1 aromatic rings. The third-order valence-electron chi connectivity index (χ3n) is 9.04. The van der Waals surface area contributed by atoms with Gasteiger partial charge in [0.05, 0.1) is 12.1 Å².